The highest BCUT2D eigenvalue weighted by atomic mass is 16.5. The van der Waals surface area contributed by atoms with Gasteiger partial charge in [-0.3, -0.25) is 0 Å². The fourth-order valence-electron chi connectivity index (χ4n) is 2.21. The number of likely N-dealkylation sites (N-methyl/N-ethyl adjacent to an activating group) is 1. The Hall–Kier alpha value is -1.32. The first kappa shape index (κ1) is 12.1. The topological polar surface area (TPSA) is 36.0 Å². The number of aromatic amines is 1. The van der Waals surface area contributed by atoms with Crippen LogP contribution in [0.2, 0.25) is 0 Å². The fraction of sp³-hybridized carbons (Fsp3) is 0.429. The Kier molecular flexibility index (Phi) is 3.50. The van der Waals surface area contributed by atoms with Crippen LogP contribution in [0.4, 0.5) is 0 Å². The van der Waals surface area contributed by atoms with Crippen molar-refractivity contribution in [1.29, 1.82) is 0 Å². The second-order valence-corrected chi connectivity index (χ2v) is 4.56. The molecule has 2 rings (SSSR count). The van der Waals surface area contributed by atoms with Crippen LogP contribution in [0.3, 0.4) is 0 Å². The molecular weight excluding hydrogens is 212 g/mol. The summed E-state index contributed by atoms with van der Waals surface area (Å²) in [6.07, 6.45) is 2.96. The number of aromatic nitrogens is 1. The Morgan fingerprint density at radius 3 is 2.59 bits per heavy atom. The summed E-state index contributed by atoms with van der Waals surface area (Å²) in [5.74, 6) is 0. The van der Waals surface area contributed by atoms with Crippen molar-refractivity contribution in [2.24, 2.45) is 0 Å². The van der Waals surface area contributed by atoms with Gasteiger partial charge in [0.25, 0.3) is 0 Å². The smallest absolute Gasteiger partial charge is 0.113 e. The zero-order valence-electron chi connectivity index (χ0n) is 10.6. The van der Waals surface area contributed by atoms with Gasteiger partial charge in [-0.25, -0.2) is 5.21 Å². The predicted octanol–water partition coefficient (Wildman–Crippen LogP) is 2.96. The van der Waals surface area contributed by atoms with Crippen molar-refractivity contribution in [1.82, 2.24) is 4.98 Å². The van der Waals surface area contributed by atoms with Crippen molar-refractivity contribution in [2.75, 3.05) is 19.6 Å². The minimum atomic E-state index is 0.152. The van der Waals surface area contributed by atoms with Crippen LogP contribution in [0, 0.1) is 0 Å². The van der Waals surface area contributed by atoms with Gasteiger partial charge in [0.15, 0.2) is 0 Å². The van der Waals surface area contributed by atoms with Gasteiger partial charge in [-0.15, -0.1) is 0 Å². The largest absolute Gasteiger partial charge is 0.361 e. The van der Waals surface area contributed by atoms with Crippen LogP contribution < -0.4 is 0 Å². The summed E-state index contributed by atoms with van der Waals surface area (Å²) in [5.41, 5.74) is 2.46. The molecular formula is C14H21N2O+. The number of rotatable bonds is 5. The number of nitrogens with one attached hydrogen (secondary N) is 1. The minimum absolute atomic E-state index is 0.152. The van der Waals surface area contributed by atoms with E-state index < -0.39 is 0 Å². The first-order chi connectivity index (χ1) is 8.18. The lowest BCUT2D eigenvalue weighted by molar-refractivity contribution is -1.10. The molecule has 0 atom stereocenters. The van der Waals surface area contributed by atoms with E-state index in [0.717, 1.165) is 26.1 Å². The van der Waals surface area contributed by atoms with E-state index in [1.54, 1.807) is 0 Å². The van der Waals surface area contributed by atoms with Crippen molar-refractivity contribution >= 4 is 10.9 Å². The fourth-order valence-corrected chi connectivity index (χ4v) is 2.21. The average Bonchev–Trinajstić information content (AvgIpc) is 2.79. The van der Waals surface area contributed by atoms with Crippen LogP contribution in [0.1, 0.15) is 19.4 Å². The number of para-hydroxylation sites is 1. The molecule has 2 N–H and O–H groups in total. The number of hydrogen-bond acceptors (Lipinski definition) is 1. The lowest BCUT2D eigenvalue weighted by Crippen LogP contribution is -2.45. The van der Waals surface area contributed by atoms with Gasteiger partial charge in [-0.2, -0.15) is 4.65 Å². The van der Waals surface area contributed by atoms with Gasteiger partial charge in [-0.1, -0.05) is 18.2 Å². The van der Waals surface area contributed by atoms with Crippen molar-refractivity contribution in [3.8, 4) is 0 Å². The number of H-pyrrole nitrogens is 1. The maximum atomic E-state index is 10.2. The highest BCUT2D eigenvalue weighted by Crippen LogP contribution is 2.19. The molecule has 0 spiro atoms. The molecule has 92 valence electrons. The molecule has 3 nitrogen and oxygen atoms in total. The second-order valence-electron chi connectivity index (χ2n) is 4.56. The molecule has 0 bridgehead atoms. The lowest BCUT2D eigenvalue weighted by atomic mass is 10.1. The Morgan fingerprint density at radius 1 is 1.18 bits per heavy atom. The molecule has 0 saturated heterocycles. The average molecular weight is 233 g/mol. The van der Waals surface area contributed by atoms with Crippen molar-refractivity contribution < 1.29 is 9.85 Å². The molecule has 1 heterocycles. The van der Waals surface area contributed by atoms with Crippen molar-refractivity contribution in [3.05, 3.63) is 36.0 Å². The molecule has 0 aliphatic carbocycles. The Bertz CT molecular complexity index is 486. The lowest BCUT2D eigenvalue weighted by Gasteiger charge is -2.27. The molecule has 0 fully saturated rings. The van der Waals surface area contributed by atoms with Gasteiger partial charge in [-0.05, 0) is 25.5 Å². The molecule has 0 saturated carbocycles. The van der Waals surface area contributed by atoms with Gasteiger partial charge in [0, 0.05) is 23.5 Å². The van der Waals surface area contributed by atoms with Crippen molar-refractivity contribution in [3.63, 3.8) is 0 Å². The first-order valence-corrected chi connectivity index (χ1v) is 6.32. The van der Waals surface area contributed by atoms with E-state index in [9.17, 15) is 5.21 Å². The molecule has 17 heavy (non-hydrogen) atoms. The number of quaternary nitrogens is 1. The van der Waals surface area contributed by atoms with E-state index in [2.05, 4.69) is 29.4 Å². The standard InChI is InChI=1S/C14H21N2O/c1-3-16(17,4-2)10-9-12-11-15-14-8-6-5-7-13(12)14/h5-8,11,15,17H,3-4,9-10H2,1-2H3/q+1. The van der Waals surface area contributed by atoms with Gasteiger partial charge in [0.2, 0.25) is 0 Å². The van der Waals surface area contributed by atoms with Crippen LogP contribution in [-0.4, -0.2) is 34.5 Å². The zero-order valence-corrected chi connectivity index (χ0v) is 10.6. The molecule has 0 radical (unpaired) electrons. The van der Waals surface area contributed by atoms with Gasteiger partial charge < -0.3 is 4.98 Å². The number of nitrogens with zero attached hydrogens (tertiary/aromatic N) is 1. The SMILES string of the molecule is CC[N+](O)(CC)CCc1c[nH]c2ccccc12. The summed E-state index contributed by atoms with van der Waals surface area (Å²) in [7, 11) is 0. The molecule has 0 amide bonds. The van der Waals surface area contributed by atoms with Crippen LogP contribution in [-0.2, 0) is 6.42 Å². The molecule has 0 unspecified atom stereocenters. The molecule has 2 aromatic rings. The van der Waals surface area contributed by atoms with E-state index in [1.165, 1.54) is 16.5 Å². The van der Waals surface area contributed by atoms with Crippen LogP contribution in [0.5, 0.6) is 0 Å². The Labute approximate surface area is 102 Å². The van der Waals surface area contributed by atoms with E-state index in [4.69, 9.17) is 0 Å². The van der Waals surface area contributed by atoms with E-state index >= 15 is 0 Å². The van der Waals surface area contributed by atoms with Gasteiger partial charge in [0.05, 0.1) is 0 Å². The summed E-state index contributed by atoms with van der Waals surface area (Å²) in [6.45, 7) is 6.35. The second kappa shape index (κ2) is 4.90. The molecule has 1 aromatic heterocycles. The van der Waals surface area contributed by atoms with E-state index in [1.807, 2.05) is 19.9 Å². The van der Waals surface area contributed by atoms with Gasteiger partial charge >= 0.3 is 0 Å². The van der Waals surface area contributed by atoms with E-state index in [0.29, 0.717) is 0 Å². The third-order valence-corrected chi connectivity index (χ3v) is 3.65. The summed E-state index contributed by atoms with van der Waals surface area (Å²) < 4.78 is 0.152. The van der Waals surface area contributed by atoms with Crippen LogP contribution in [0.15, 0.2) is 30.5 Å². The summed E-state index contributed by atoms with van der Waals surface area (Å²) >= 11 is 0. The molecule has 0 aliphatic heterocycles. The Morgan fingerprint density at radius 2 is 1.88 bits per heavy atom. The monoisotopic (exact) mass is 233 g/mol. The number of fused-ring (bicyclic) bond motifs is 1. The maximum absolute atomic E-state index is 10.2. The molecule has 0 aliphatic rings. The summed E-state index contributed by atoms with van der Waals surface area (Å²) in [6, 6.07) is 8.30. The minimum Gasteiger partial charge on any atom is -0.361 e. The third kappa shape index (κ3) is 2.51. The molecule has 3 heteroatoms. The number of hydrogen-bond donors (Lipinski definition) is 2. The van der Waals surface area contributed by atoms with Crippen molar-refractivity contribution in [2.45, 2.75) is 20.3 Å². The number of hydroxylamine groups is 3. The van der Waals surface area contributed by atoms with Crippen LogP contribution in [0.25, 0.3) is 10.9 Å². The quantitative estimate of drug-likeness (QED) is 0.604. The normalized spacial score (nSPS) is 12.2. The highest BCUT2D eigenvalue weighted by Gasteiger charge is 2.20. The third-order valence-electron chi connectivity index (χ3n) is 3.65. The predicted molar refractivity (Wildman–Crippen MR) is 70.0 cm³/mol. The van der Waals surface area contributed by atoms with E-state index in [-0.39, 0.29) is 4.65 Å². The maximum Gasteiger partial charge on any atom is 0.113 e. The molecule has 1 aromatic carbocycles. The summed E-state index contributed by atoms with van der Waals surface area (Å²) in [5, 5.41) is 11.5. The summed E-state index contributed by atoms with van der Waals surface area (Å²) in [4.78, 5) is 3.27. The highest BCUT2D eigenvalue weighted by molar-refractivity contribution is 5.82. The Balaban J connectivity index is 2.14. The zero-order chi connectivity index (χ0) is 12.3. The van der Waals surface area contributed by atoms with Crippen LogP contribution >= 0.6 is 0 Å². The number of benzene rings is 1. The van der Waals surface area contributed by atoms with Gasteiger partial charge in [0.1, 0.15) is 19.6 Å². The first-order valence-electron chi connectivity index (χ1n) is 6.32.